The molecule has 2 aromatic carbocycles. The molecular weight excluding hydrogens is 356 g/mol. The highest BCUT2D eigenvalue weighted by atomic mass is 32.2. The van der Waals surface area contributed by atoms with E-state index >= 15 is 0 Å². The molecule has 1 fully saturated rings. The fourth-order valence-electron chi connectivity index (χ4n) is 3.31. The molecule has 3 rings (SSSR count). The second-order valence-electron chi connectivity index (χ2n) is 6.47. The van der Waals surface area contributed by atoms with E-state index in [1.807, 2.05) is 24.3 Å². The maximum Gasteiger partial charge on any atom is 0.134 e. The SMILES string of the molecule is COc1ccccc1S(=O)C1CCN(CCc2ccc(F)cc2F)CC1. The van der Waals surface area contributed by atoms with Crippen LogP contribution in [-0.4, -0.2) is 41.1 Å². The Balaban J connectivity index is 1.53. The lowest BCUT2D eigenvalue weighted by Crippen LogP contribution is -2.38. The first kappa shape index (κ1) is 19.0. The van der Waals surface area contributed by atoms with Crippen molar-refractivity contribution in [2.75, 3.05) is 26.7 Å². The third kappa shape index (κ3) is 4.48. The molecule has 26 heavy (non-hydrogen) atoms. The quantitative estimate of drug-likeness (QED) is 0.765. The Labute approximate surface area is 155 Å². The molecular formula is C20H23F2NO2S. The number of methoxy groups -OCH3 is 1. The van der Waals surface area contributed by atoms with E-state index in [4.69, 9.17) is 4.74 Å². The molecule has 1 atom stereocenters. The van der Waals surface area contributed by atoms with Crippen molar-refractivity contribution in [3.63, 3.8) is 0 Å². The van der Waals surface area contributed by atoms with E-state index in [2.05, 4.69) is 4.90 Å². The molecule has 2 aromatic rings. The summed E-state index contributed by atoms with van der Waals surface area (Å²) in [5, 5.41) is 0.102. The van der Waals surface area contributed by atoms with Gasteiger partial charge in [-0.05, 0) is 56.1 Å². The lowest BCUT2D eigenvalue weighted by atomic mass is 10.1. The van der Waals surface area contributed by atoms with Gasteiger partial charge in [-0.25, -0.2) is 8.78 Å². The van der Waals surface area contributed by atoms with Gasteiger partial charge in [0.25, 0.3) is 0 Å². The molecule has 0 aliphatic carbocycles. The summed E-state index contributed by atoms with van der Waals surface area (Å²) in [6.07, 6.45) is 2.21. The van der Waals surface area contributed by atoms with Crippen molar-refractivity contribution in [3.8, 4) is 5.75 Å². The van der Waals surface area contributed by atoms with Gasteiger partial charge in [0.05, 0.1) is 22.8 Å². The highest BCUT2D eigenvalue weighted by Gasteiger charge is 2.26. The minimum absolute atomic E-state index is 0.102. The van der Waals surface area contributed by atoms with Crippen LogP contribution in [0, 0.1) is 11.6 Å². The molecule has 3 nitrogen and oxygen atoms in total. The van der Waals surface area contributed by atoms with Gasteiger partial charge in [-0.2, -0.15) is 0 Å². The maximum absolute atomic E-state index is 13.7. The lowest BCUT2D eigenvalue weighted by Gasteiger charge is -2.31. The van der Waals surface area contributed by atoms with Gasteiger partial charge in [0, 0.05) is 17.9 Å². The first-order chi connectivity index (χ1) is 12.6. The second kappa shape index (κ2) is 8.73. The zero-order valence-corrected chi connectivity index (χ0v) is 15.6. The van der Waals surface area contributed by atoms with Crippen molar-refractivity contribution in [3.05, 3.63) is 59.7 Å². The first-order valence-corrected chi connectivity index (χ1v) is 9.99. The topological polar surface area (TPSA) is 29.5 Å². The second-order valence-corrected chi connectivity index (χ2v) is 8.18. The van der Waals surface area contributed by atoms with Crippen LogP contribution in [0.4, 0.5) is 8.78 Å². The number of nitrogens with zero attached hydrogens (tertiary/aromatic N) is 1. The van der Waals surface area contributed by atoms with Gasteiger partial charge in [0.1, 0.15) is 17.4 Å². The number of hydrogen-bond donors (Lipinski definition) is 0. The molecule has 1 aliphatic rings. The van der Waals surface area contributed by atoms with Gasteiger partial charge in [-0.15, -0.1) is 0 Å². The number of likely N-dealkylation sites (tertiary alicyclic amines) is 1. The van der Waals surface area contributed by atoms with E-state index in [9.17, 15) is 13.0 Å². The van der Waals surface area contributed by atoms with Crippen molar-refractivity contribution in [1.29, 1.82) is 0 Å². The fourth-order valence-corrected chi connectivity index (χ4v) is 4.87. The van der Waals surface area contributed by atoms with Crippen LogP contribution >= 0.6 is 0 Å². The number of rotatable bonds is 6. The number of benzene rings is 2. The van der Waals surface area contributed by atoms with Crippen LogP contribution in [0.3, 0.4) is 0 Å². The first-order valence-electron chi connectivity index (χ1n) is 8.78. The van der Waals surface area contributed by atoms with Crippen LogP contribution in [0.1, 0.15) is 18.4 Å². The molecule has 1 heterocycles. The number of hydrogen-bond acceptors (Lipinski definition) is 3. The molecule has 0 saturated carbocycles. The monoisotopic (exact) mass is 379 g/mol. The van der Waals surface area contributed by atoms with Gasteiger partial charge < -0.3 is 9.64 Å². The summed E-state index contributed by atoms with van der Waals surface area (Å²) in [5.74, 6) is -0.372. The molecule has 0 bridgehead atoms. The Morgan fingerprint density at radius 1 is 1.15 bits per heavy atom. The summed E-state index contributed by atoms with van der Waals surface area (Å²) in [4.78, 5) is 3.00. The minimum atomic E-state index is -1.10. The third-order valence-electron chi connectivity index (χ3n) is 4.84. The third-order valence-corrected chi connectivity index (χ3v) is 6.68. The largest absolute Gasteiger partial charge is 0.495 e. The Bertz CT molecular complexity index is 776. The zero-order chi connectivity index (χ0) is 18.5. The summed E-state index contributed by atoms with van der Waals surface area (Å²) < 4.78 is 44.9. The molecule has 6 heteroatoms. The van der Waals surface area contributed by atoms with Crippen molar-refractivity contribution in [2.45, 2.75) is 29.4 Å². The molecule has 0 N–H and O–H groups in total. The van der Waals surface area contributed by atoms with E-state index in [1.54, 1.807) is 7.11 Å². The summed E-state index contributed by atoms with van der Waals surface area (Å²) in [7, 11) is 0.495. The van der Waals surface area contributed by atoms with Gasteiger partial charge >= 0.3 is 0 Å². The van der Waals surface area contributed by atoms with Crippen LogP contribution < -0.4 is 4.74 Å². The van der Waals surface area contributed by atoms with Crippen molar-refractivity contribution < 1.29 is 17.7 Å². The molecule has 140 valence electrons. The van der Waals surface area contributed by atoms with Crippen LogP contribution in [0.25, 0.3) is 0 Å². The van der Waals surface area contributed by atoms with Crippen LogP contribution in [0.2, 0.25) is 0 Å². The van der Waals surface area contributed by atoms with E-state index in [1.165, 1.54) is 12.1 Å². The molecule has 0 amide bonds. The number of piperidine rings is 1. The Kier molecular flexibility index (Phi) is 6.38. The Hall–Kier alpha value is -1.79. The zero-order valence-electron chi connectivity index (χ0n) is 14.8. The highest BCUT2D eigenvalue weighted by Crippen LogP contribution is 2.27. The van der Waals surface area contributed by atoms with E-state index in [0.29, 0.717) is 17.7 Å². The van der Waals surface area contributed by atoms with Crippen molar-refractivity contribution in [2.24, 2.45) is 0 Å². The normalized spacial score (nSPS) is 17.2. The van der Waals surface area contributed by atoms with Crippen molar-refractivity contribution >= 4 is 10.8 Å². The molecule has 0 spiro atoms. The van der Waals surface area contributed by atoms with E-state index in [-0.39, 0.29) is 5.25 Å². The smallest absolute Gasteiger partial charge is 0.134 e. The number of para-hydroxylation sites is 1. The molecule has 0 aromatic heterocycles. The number of halogens is 2. The Morgan fingerprint density at radius 2 is 1.88 bits per heavy atom. The summed E-state index contributed by atoms with van der Waals surface area (Å²) in [5.41, 5.74) is 0.533. The van der Waals surface area contributed by atoms with Crippen LogP contribution in [0.5, 0.6) is 5.75 Å². The number of ether oxygens (including phenoxy) is 1. The molecule has 1 saturated heterocycles. The lowest BCUT2D eigenvalue weighted by molar-refractivity contribution is 0.233. The minimum Gasteiger partial charge on any atom is -0.495 e. The van der Waals surface area contributed by atoms with Crippen molar-refractivity contribution in [1.82, 2.24) is 4.90 Å². The van der Waals surface area contributed by atoms with Gasteiger partial charge in [0.15, 0.2) is 0 Å². The summed E-state index contributed by atoms with van der Waals surface area (Å²) in [6, 6.07) is 11.2. The molecule has 1 aliphatic heterocycles. The van der Waals surface area contributed by atoms with Gasteiger partial charge in [0.2, 0.25) is 0 Å². The van der Waals surface area contributed by atoms with Crippen LogP contribution in [-0.2, 0) is 17.2 Å². The standard InChI is InChI=1S/C20H23F2NO2S/c1-25-19-4-2-3-5-20(19)26(24)17-9-12-23(13-10-17)11-8-15-6-7-16(21)14-18(15)22/h2-7,14,17H,8-13H2,1H3. The van der Waals surface area contributed by atoms with E-state index in [0.717, 1.165) is 43.4 Å². The maximum atomic E-state index is 13.7. The Morgan fingerprint density at radius 3 is 2.58 bits per heavy atom. The molecule has 0 radical (unpaired) electrons. The van der Waals surface area contributed by atoms with Gasteiger partial charge in [-0.1, -0.05) is 18.2 Å². The van der Waals surface area contributed by atoms with Gasteiger partial charge in [-0.3, -0.25) is 4.21 Å². The summed E-state index contributed by atoms with van der Waals surface area (Å²) in [6.45, 7) is 2.37. The highest BCUT2D eigenvalue weighted by molar-refractivity contribution is 7.85. The molecule has 1 unspecified atom stereocenters. The summed E-state index contributed by atoms with van der Waals surface area (Å²) >= 11 is 0. The average Bonchev–Trinajstić information content (AvgIpc) is 2.67. The predicted octanol–water partition coefficient (Wildman–Crippen LogP) is 3.79. The fraction of sp³-hybridized carbons (Fsp3) is 0.400. The predicted molar refractivity (Wildman–Crippen MR) is 98.9 cm³/mol. The van der Waals surface area contributed by atoms with Crippen LogP contribution in [0.15, 0.2) is 47.4 Å². The van der Waals surface area contributed by atoms with E-state index < -0.39 is 22.4 Å². The average molecular weight is 379 g/mol.